The Bertz CT molecular complexity index is 617. The molecule has 0 spiro atoms. The minimum Gasteiger partial charge on any atom is -0.338 e. The number of likely N-dealkylation sites (tertiary alicyclic amines) is 1. The van der Waals surface area contributed by atoms with Crippen molar-refractivity contribution in [1.82, 2.24) is 15.0 Å². The molecule has 0 unspecified atom stereocenters. The largest absolute Gasteiger partial charge is 0.338 e. The first-order chi connectivity index (χ1) is 10.4. The van der Waals surface area contributed by atoms with Crippen molar-refractivity contribution in [2.75, 3.05) is 13.1 Å². The normalized spacial score (nSPS) is 23.1. The predicted octanol–water partition coefficient (Wildman–Crippen LogP) is 2.29. The molecule has 1 fully saturated rings. The van der Waals surface area contributed by atoms with Crippen molar-refractivity contribution in [3.63, 3.8) is 0 Å². The van der Waals surface area contributed by atoms with Gasteiger partial charge in [0.2, 0.25) is 5.89 Å². The lowest BCUT2D eigenvalue weighted by Gasteiger charge is -2.14. The van der Waals surface area contributed by atoms with Crippen LogP contribution in [0, 0.1) is 0 Å². The zero-order chi connectivity index (χ0) is 15.7. The van der Waals surface area contributed by atoms with E-state index in [1.165, 1.54) is 5.56 Å². The summed E-state index contributed by atoms with van der Waals surface area (Å²) in [4.78, 5) is 6.80. The molecular weight excluding hydrogens is 276 g/mol. The maximum atomic E-state index is 6.32. The topological polar surface area (TPSA) is 68.2 Å². The standard InChI is InChI=1S/C17H24N4O/c1-17(2,3)16-19-15(22-20-16)11-21-9-13(14(18)10-21)12-7-5-4-6-8-12/h4-8,13-14H,9-11,18H2,1-3H3/t13-,14+/m0/s1. The Morgan fingerprint density at radius 3 is 2.59 bits per heavy atom. The van der Waals surface area contributed by atoms with Gasteiger partial charge >= 0.3 is 0 Å². The van der Waals surface area contributed by atoms with E-state index in [0.29, 0.717) is 18.4 Å². The minimum absolute atomic E-state index is 0.0876. The summed E-state index contributed by atoms with van der Waals surface area (Å²) in [6.07, 6.45) is 0. The summed E-state index contributed by atoms with van der Waals surface area (Å²) in [6, 6.07) is 10.6. The van der Waals surface area contributed by atoms with Gasteiger partial charge in [-0.1, -0.05) is 56.3 Å². The molecule has 2 N–H and O–H groups in total. The fraction of sp³-hybridized carbons (Fsp3) is 0.529. The van der Waals surface area contributed by atoms with Gasteiger partial charge in [0.15, 0.2) is 5.82 Å². The molecule has 1 aromatic carbocycles. The quantitative estimate of drug-likeness (QED) is 0.942. The smallest absolute Gasteiger partial charge is 0.240 e. The number of hydrogen-bond donors (Lipinski definition) is 1. The number of nitrogens with two attached hydrogens (primary N) is 1. The maximum Gasteiger partial charge on any atom is 0.240 e. The van der Waals surface area contributed by atoms with Gasteiger partial charge in [0.05, 0.1) is 6.54 Å². The first kappa shape index (κ1) is 15.2. The van der Waals surface area contributed by atoms with Crippen LogP contribution in [0.15, 0.2) is 34.9 Å². The average Bonchev–Trinajstić information content (AvgIpc) is 3.07. The second kappa shape index (κ2) is 5.82. The summed E-state index contributed by atoms with van der Waals surface area (Å²) >= 11 is 0. The van der Waals surface area contributed by atoms with Gasteiger partial charge in [0.1, 0.15) is 0 Å². The summed E-state index contributed by atoms with van der Waals surface area (Å²) in [5.41, 5.74) is 7.54. The Kier molecular flexibility index (Phi) is 4.02. The molecule has 22 heavy (non-hydrogen) atoms. The van der Waals surface area contributed by atoms with Crippen LogP contribution in [0.5, 0.6) is 0 Å². The highest BCUT2D eigenvalue weighted by Crippen LogP contribution is 2.27. The van der Waals surface area contributed by atoms with Crippen LogP contribution in [0.3, 0.4) is 0 Å². The number of aromatic nitrogens is 2. The summed E-state index contributed by atoms with van der Waals surface area (Å²) in [5.74, 6) is 1.79. The summed E-state index contributed by atoms with van der Waals surface area (Å²) in [6.45, 7) is 8.70. The molecule has 0 aliphatic carbocycles. The third kappa shape index (κ3) is 3.20. The Hall–Kier alpha value is -1.72. The van der Waals surface area contributed by atoms with Crippen molar-refractivity contribution in [2.24, 2.45) is 5.73 Å². The molecule has 0 amide bonds. The number of hydrogen-bond acceptors (Lipinski definition) is 5. The summed E-state index contributed by atoms with van der Waals surface area (Å²) in [5, 5.41) is 4.08. The van der Waals surface area contributed by atoms with Crippen LogP contribution < -0.4 is 5.73 Å². The van der Waals surface area contributed by atoms with Gasteiger partial charge in [-0.3, -0.25) is 4.90 Å². The third-order valence-electron chi connectivity index (χ3n) is 4.17. The monoisotopic (exact) mass is 300 g/mol. The lowest BCUT2D eigenvalue weighted by Crippen LogP contribution is -2.28. The van der Waals surface area contributed by atoms with Crippen LogP contribution in [0.25, 0.3) is 0 Å². The second-order valence-electron chi connectivity index (χ2n) is 7.14. The number of rotatable bonds is 3. The van der Waals surface area contributed by atoms with Crippen molar-refractivity contribution in [3.05, 3.63) is 47.6 Å². The molecule has 118 valence electrons. The molecule has 5 nitrogen and oxygen atoms in total. The molecule has 0 bridgehead atoms. The Labute approximate surface area is 131 Å². The van der Waals surface area contributed by atoms with Crippen LogP contribution >= 0.6 is 0 Å². The molecule has 1 aromatic heterocycles. The van der Waals surface area contributed by atoms with Crippen molar-refractivity contribution >= 4 is 0 Å². The van der Waals surface area contributed by atoms with Crippen molar-refractivity contribution < 1.29 is 4.52 Å². The molecule has 1 saturated heterocycles. The first-order valence-corrected chi connectivity index (χ1v) is 7.79. The summed E-state index contributed by atoms with van der Waals surface area (Å²) in [7, 11) is 0. The zero-order valence-electron chi connectivity index (χ0n) is 13.5. The first-order valence-electron chi connectivity index (χ1n) is 7.79. The van der Waals surface area contributed by atoms with Gasteiger partial charge in [-0.25, -0.2) is 0 Å². The summed E-state index contributed by atoms with van der Waals surface area (Å²) < 4.78 is 5.39. The maximum absolute atomic E-state index is 6.32. The average molecular weight is 300 g/mol. The van der Waals surface area contributed by atoms with E-state index in [4.69, 9.17) is 10.3 Å². The highest BCUT2D eigenvalue weighted by atomic mass is 16.5. The molecule has 1 aliphatic rings. The van der Waals surface area contributed by atoms with Crippen LogP contribution in [0.2, 0.25) is 0 Å². The van der Waals surface area contributed by atoms with E-state index in [0.717, 1.165) is 18.9 Å². The fourth-order valence-electron chi connectivity index (χ4n) is 2.91. The Morgan fingerprint density at radius 1 is 1.23 bits per heavy atom. The van der Waals surface area contributed by atoms with Crippen molar-refractivity contribution in [3.8, 4) is 0 Å². The van der Waals surface area contributed by atoms with Crippen LogP contribution in [-0.4, -0.2) is 34.2 Å². The van der Waals surface area contributed by atoms with E-state index in [2.05, 4.69) is 60.1 Å². The molecule has 2 atom stereocenters. The van der Waals surface area contributed by atoms with Crippen LogP contribution in [0.1, 0.15) is 44.0 Å². The van der Waals surface area contributed by atoms with E-state index in [-0.39, 0.29) is 11.5 Å². The number of nitrogens with zero attached hydrogens (tertiary/aromatic N) is 3. The second-order valence-corrected chi connectivity index (χ2v) is 7.14. The lowest BCUT2D eigenvalue weighted by atomic mass is 9.95. The minimum atomic E-state index is -0.0876. The Morgan fingerprint density at radius 2 is 1.95 bits per heavy atom. The Balaban J connectivity index is 1.66. The SMILES string of the molecule is CC(C)(C)c1noc(CN2C[C@@H](N)[C@H](c3ccccc3)C2)n1. The fourth-order valence-corrected chi connectivity index (χ4v) is 2.91. The van der Waals surface area contributed by atoms with E-state index in [1.807, 2.05) is 6.07 Å². The lowest BCUT2D eigenvalue weighted by molar-refractivity contribution is 0.262. The van der Waals surface area contributed by atoms with Gasteiger partial charge in [0.25, 0.3) is 0 Å². The third-order valence-corrected chi connectivity index (χ3v) is 4.17. The van der Waals surface area contributed by atoms with Crippen LogP contribution in [0.4, 0.5) is 0 Å². The van der Waals surface area contributed by atoms with Gasteiger partial charge in [-0.2, -0.15) is 4.98 Å². The van der Waals surface area contributed by atoms with Gasteiger partial charge in [0, 0.05) is 30.5 Å². The highest BCUT2D eigenvalue weighted by Gasteiger charge is 2.32. The number of benzene rings is 1. The van der Waals surface area contributed by atoms with Gasteiger partial charge in [-0.05, 0) is 5.56 Å². The molecular formula is C17H24N4O. The van der Waals surface area contributed by atoms with Gasteiger partial charge < -0.3 is 10.3 Å². The molecule has 0 radical (unpaired) electrons. The molecule has 2 heterocycles. The van der Waals surface area contributed by atoms with E-state index < -0.39 is 0 Å². The van der Waals surface area contributed by atoms with Crippen molar-refractivity contribution in [1.29, 1.82) is 0 Å². The molecule has 3 rings (SSSR count). The molecule has 5 heteroatoms. The zero-order valence-corrected chi connectivity index (χ0v) is 13.5. The van der Waals surface area contributed by atoms with Crippen molar-refractivity contribution in [2.45, 2.75) is 44.7 Å². The molecule has 1 aliphatic heterocycles. The van der Waals surface area contributed by atoms with E-state index in [1.54, 1.807) is 0 Å². The van der Waals surface area contributed by atoms with E-state index in [9.17, 15) is 0 Å². The van der Waals surface area contributed by atoms with Crippen LogP contribution in [-0.2, 0) is 12.0 Å². The van der Waals surface area contributed by atoms with Gasteiger partial charge in [-0.15, -0.1) is 0 Å². The molecule has 2 aromatic rings. The molecule has 0 saturated carbocycles. The predicted molar refractivity (Wildman–Crippen MR) is 85.4 cm³/mol. The van der Waals surface area contributed by atoms with E-state index >= 15 is 0 Å². The highest BCUT2D eigenvalue weighted by molar-refractivity contribution is 5.23.